The molecule has 0 aliphatic heterocycles. The standard InChI is InChI=1S/C29H32ClFN2O2S/c1-21(2)17-32-29(35)27(16-22-10-4-3-5-11-22)33(18-23-12-7-9-15-26(23)31)28(34)20-36-19-24-13-6-8-14-25(24)30/h3-15,21,27H,16-20H2,1-2H3,(H,32,35)/t27-/m1/s1. The quantitative estimate of drug-likeness (QED) is 0.309. The molecule has 1 atom stereocenters. The van der Waals surface area contributed by atoms with Crippen LogP contribution in [0.3, 0.4) is 0 Å². The number of nitrogens with zero attached hydrogens (tertiary/aromatic N) is 1. The third kappa shape index (κ3) is 8.38. The molecule has 2 amide bonds. The molecular weight excluding hydrogens is 495 g/mol. The summed E-state index contributed by atoms with van der Waals surface area (Å²) in [5, 5.41) is 3.63. The zero-order chi connectivity index (χ0) is 25.9. The molecule has 0 heterocycles. The van der Waals surface area contributed by atoms with Crippen LogP contribution in [0.2, 0.25) is 5.02 Å². The summed E-state index contributed by atoms with van der Waals surface area (Å²) in [5.41, 5.74) is 2.24. The number of thioether (sulfide) groups is 1. The topological polar surface area (TPSA) is 49.4 Å². The van der Waals surface area contributed by atoms with Crippen LogP contribution in [-0.4, -0.2) is 35.1 Å². The maximum Gasteiger partial charge on any atom is 0.243 e. The highest BCUT2D eigenvalue weighted by molar-refractivity contribution is 7.99. The molecule has 0 saturated carbocycles. The molecule has 0 saturated heterocycles. The molecule has 0 aliphatic rings. The van der Waals surface area contributed by atoms with Crippen molar-refractivity contribution in [3.05, 3.63) is 106 Å². The van der Waals surface area contributed by atoms with Gasteiger partial charge in [0.05, 0.1) is 5.75 Å². The van der Waals surface area contributed by atoms with Crippen LogP contribution in [0.4, 0.5) is 4.39 Å². The van der Waals surface area contributed by atoms with Crippen LogP contribution >= 0.6 is 23.4 Å². The minimum absolute atomic E-state index is 0.00472. The van der Waals surface area contributed by atoms with Crippen LogP contribution < -0.4 is 5.32 Å². The van der Waals surface area contributed by atoms with Gasteiger partial charge < -0.3 is 10.2 Å². The zero-order valence-electron chi connectivity index (χ0n) is 20.6. The summed E-state index contributed by atoms with van der Waals surface area (Å²) in [7, 11) is 0. The van der Waals surface area contributed by atoms with Gasteiger partial charge in [0.15, 0.2) is 0 Å². The molecule has 0 fully saturated rings. The maximum atomic E-state index is 14.6. The van der Waals surface area contributed by atoms with E-state index in [1.807, 2.05) is 68.4 Å². The van der Waals surface area contributed by atoms with Crippen LogP contribution in [-0.2, 0) is 28.3 Å². The van der Waals surface area contributed by atoms with Gasteiger partial charge >= 0.3 is 0 Å². The zero-order valence-corrected chi connectivity index (χ0v) is 22.2. The summed E-state index contributed by atoms with van der Waals surface area (Å²) in [5.74, 6) is 0.0853. The Morgan fingerprint density at radius 2 is 1.58 bits per heavy atom. The molecule has 0 bridgehead atoms. The Labute approximate surface area is 222 Å². The molecule has 0 aliphatic carbocycles. The molecular formula is C29H32ClFN2O2S. The molecule has 7 heteroatoms. The average molecular weight is 527 g/mol. The lowest BCUT2D eigenvalue weighted by molar-refractivity contribution is -0.139. The maximum absolute atomic E-state index is 14.6. The fourth-order valence-electron chi connectivity index (χ4n) is 3.73. The van der Waals surface area contributed by atoms with Crippen molar-refractivity contribution in [3.63, 3.8) is 0 Å². The van der Waals surface area contributed by atoms with Crippen molar-refractivity contribution in [3.8, 4) is 0 Å². The van der Waals surface area contributed by atoms with E-state index in [0.29, 0.717) is 29.3 Å². The number of carbonyl (C=O) groups excluding carboxylic acids is 2. The van der Waals surface area contributed by atoms with Gasteiger partial charge in [-0.1, -0.05) is 92.2 Å². The lowest BCUT2D eigenvalue weighted by atomic mass is 10.0. The van der Waals surface area contributed by atoms with Gasteiger partial charge in [0.25, 0.3) is 0 Å². The molecule has 0 unspecified atom stereocenters. The number of hydrogen-bond donors (Lipinski definition) is 1. The van der Waals surface area contributed by atoms with Crippen LogP contribution in [0, 0.1) is 11.7 Å². The molecule has 190 valence electrons. The normalized spacial score (nSPS) is 11.8. The van der Waals surface area contributed by atoms with Gasteiger partial charge in [-0.3, -0.25) is 9.59 Å². The second-order valence-electron chi connectivity index (χ2n) is 9.04. The number of carbonyl (C=O) groups is 2. The molecule has 1 N–H and O–H groups in total. The first-order valence-electron chi connectivity index (χ1n) is 12.0. The third-order valence-corrected chi connectivity index (χ3v) is 7.03. The highest BCUT2D eigenvalue weighted by Crippen LogP contribution is 2.23. The Morgan fingerprint density at radius 1 is 0.944 bits per heavy atom. The predicted octanol–water partition coefficient (Wildman–Crippen LogP) is 6.12. The van der Waals surface area contributed by atoms with E-state index < -0.39 is 11.9 Å². The van der Waals surface area contributed by atoms with Crippen molar-refractivity contribution in [1.29, 1.82) is 0 Å². The van der Waals surface area contributed by atoms with Crippen LogP contribution in [0.15, 0.2) is 78.9 Å². The Kier molecular flexibility index (Phi) is 10.8. The van der Waals surface area contributed by atoms with Crippen LogP contribution in [0.1, 0.15) is 30.5 Å². The van der Waals surface area contributed by atoms with Gasteiger partial charge in [-0.25, -0.2) is 4.39 Å². The van der Waals surface area contributed by atoms with Crippen LogP contribution in [0.5, 0.6) is 0 Å². The minimum atomic E-state index is -0.779. The SMILES string of the molecule is CC(C)CNC(=O)[C@@H](Cc1ccccc1)N(Cc1ccccc1F)C(=O)CSCc1ccccc1Cl. The number of benzene rings is 3. The fourth-order valence-corrected chi connectivity index (χ4v) is 4.93. The Morgan fingerprint density at radius 3 is 2.25 bits per heavy atom. The first-order chi connectivity index (χ1) is 17.3. The highest BCUT2D eigenvalue weighted by Gasteiger charge is 2.30. The molecule has 0 radical (unpaired) electrons. The summed E-state index contributed by atoms with van der Waals surface area (Å²) in [6.45, 7) is 4.53. The summed E-state index contributed by atoms with van der Waals surface area (Å²) in [4.78, 5) is 28.5. The van der Waals surface area contributed by atoms with Gasteiger partial charge in [0.1, 0.15) is 11.9 Å². The minimum Gasteiger partial charge on any atom is -0.354 e. The van der Waals surface area contributed by atoms with Crippen molar-refractivity contribution in [1.82, 2.24) is 10.2 Å². The van der Waals surface area contributed by atoms with Crippen LogP contribution in [0.25, 0.3) is 0 Å². The predicted molar refractivity (Wildman–Crippen MR) is 146 cm³/mol. The van der Waals surface area contributed by atoms with E-state index in [1.165, 1.54) is 22.7 Å². The number of halogens is 2. The molecule has 0 spiro atoms. The lowest BCUT2D eigenvalue weighted by Crippen LogP contribution is -2.51. The second-order valence-corrected chi connectivity index (χ2v) is 10.4. The van der Waals surface area contributed by atoms with E-state index in [1.54, 1.807) is 18.2 Å². The van der Waals surface area contributed by atoms with Gasteiger partial charge in [0, 0.05) is 35.8 Å². The van der Waals surface area contributed by atoms with Crippen molar-refractivity contribution >= 4 is 35.2 Å². The smallest absolute Gasteiger partial charge is 0.243 e. The Bertz CT molecular complexity index is 1140. The van der Waals surface area contributed by atoms with Crippen molar-refractivity contribution in [2.75, 3.05) is 12.3 Å². The van der Waals surface area contributed by atoms with E-state index in [0.717, 1.165) is 11.1 Å². The molecule has 3 rings (SSSR count). The monoisotopic (exact) mass is 526 g/mol. The van der Waals surface area contributed by atoms with Crippen molar-refractivity contribution in [2.24, 2.45) is 5.92 Å². The van der Waals surface area contributed by atoms with Gasteiger partial charge in [-0.15, -0.1) is 11.8 Å². The molecule has 36 heavy (non-hydrogen) atoms. The van der Waals surface area contributed by atoms with Gasteiger partial charge in [-0.05, 0) is 29.2 Å². The lowest BCUT2D eigenvalue weighted by Gasteiger charge is -2.32. The fraction of sp³-hybridized carbons (Fsp3) is 0.310. The Hall–Kier alpha value is -2.83. The number of rotatable bonds is 12. The number of amides is 2. The molecule has 3 aromatic rings. The van der Waals surface area contributed by atoms with Crippen molar-refractivity contribution < 1.29 is 14.0 Å². The van der Waals surface area contributed by atoms with E-state index >= 15 is 0 Å². The highest BCUT2D eigenvalue weighted by atomic mass is 35.5. The third-order valence-electron chi connectivity index (χ3n) is 5.70. The number of hydrogen-bond acceptors (Lipinski definition) is 3. The molecule has 3 aromatic carbocycles. The molecule has 0 aromatic heterocycles. The Balaban J connectivity index is 1.86. The molecule has 4 nitrogen and oxygen atoms in total. The summed E-state index contributed by atoms with van der Waals surface area (Å²) in [6, 6.07) is 22.7. The van der Waals surface area contributed by atoms with E-state index in [9.17, 15) is 14.0 Å². The largest absolute Gasteiger partial charge is 0.354 e. The van der Waals surface area contributed by atoms with Crippen molar-refractivity contribution in [2.45, 2.75) is 38.6 Å². The van der Waals surface area contributed by atoms with E-state index in [-0.39, 0.29) is 30.0 Å². The summed E-state index contributed by atoms with van der Waals surface area (Å²) in [6.07, 6.45) is 0.333. The van der Waals surface area contributed by atoms with E-state index in [4.69, 9.17) is 11.6 Å². The summed E-state index contributed by atoms with van der Waals surface area (Å²) < 4.78 is 14.6. The summed E-state index contributed by atoms with van der Waals surface area (Å²) >= 11 is 7.69. The van der Waals surface area contributed by atoms with Gasteiger partial charge in [-0.2, -0.15) is 0 Å². The van der Waals surface area contributed by atoms with Gasteiger partial charge in [0.2, 0.25) is 11.8 Å². The number of nitrogens with one attached hydrogen (secondary N) is 1. The first kappa shape index (κ1) is 27.8. The van der Waals surface area contributed by atoms with E-state index in [2.05, 4.69) is 5.32 Å². The first-order valence-corrected chi connectivity index (χ1v) is 13.5. The average Bonchev–Trinajstić information content (AvgIpc) is 2.87. The second kappa shape index (κ2) is 14.0.